The summed E-state index contributed by atoms with van der Waals surface area (Å²) in [6.45, 7) is 9.34. The van der Waals surface area contributed by atoms with Crippen molar-refractivity contribution in [3.05, 3.63) is 0 Å². The summed E-state index contributed by atoms with van der Waals surface area (Å²) in [5, 5.41) is 10.5. The molecule has 0 bridgehead atoms. The number of unbranched alkanes of at least 4 members (excludes halogenated alkanes) is 34. The molecule has 0 amide bonds. The summed E-state index contributed by atoms with van der Waals surface area (Å²) in [6, 6.07) is 0. The number of phosphoric ester groups is 2. The largest absolute Gasteiger partial charge is 0.472 e. The highest BCUT2D eigenvalue weighted by Crippen LogP contribution is 2.45. The lowest BCUT2D eigenvalue weighted by Crippen LogP contribution is -2.30. The number of carbonyl (C=O) groups is 4. The van der Waals surface area contributed by atoms with Crippen LogP contribution in [0.3, 0.4) is 0 Å². The second-order valence-electron chi connectivity index (χ2n) is 24.5. The number of aliphatic hydroxyl groups is 1. The van der Waals surface area contributed by atoms with E-state index in [0.717, 1.165) is 96.3 Å². The zero-order chi connectivity index (χ0) is 62.2. The molecule has 0 fully saturated rings. The molecule has 498 valence electrons. The van der Waals surface area contributed by atoms with Gasteiger partial charge in [0.05, 0.1) is 26.4 Å². The van der Waals surface area contributed by atoms with Crippen LogP contribution in [-0.2, 0) is 65.4 Å². The fourth-order valence-electron chi connectivity index (χ4n) is 9.71. The monoisotopic (exact) mass is 1240 g/mol. The minimum atomic E-state index is -4.95. The van der Waals surface area contributed by atoms with Crippen LogP contribution in [-0.4, -0.2) is 96.7 Å². The zero-order valence-electron chi connectivity index (χ0n) is 54.2. The van der Waals surface area contributed by atoms with E-state index in [2.05, 4.69) is 41.5 Å². The van der Waals surface area contributed by atoms with Crippen molar-refractivity contribution in [1.82, 2.24) is 0 Å². The molecule has 17 nitrogen and oxygen atoms in total. The highest BCUT2D eigenvalue weighted by atomic mass is 31.2. The van der Waals surface area contributed by atoms with Gasteiger partial charge in [0.2, 0.25) is 0 Å². The van der Waals surface area contributed by atoms with Gasteiger partial charge in [0.25, 0.3) is 0 Å². The Balaban J connectivity index is 5.20. The molecule has 0 radical (unpaired) electrons. The molecule has 5 atom stereocenters. The van der Waals surface area contributed by atoms with Gasteiger partial charge in [0.15, 0.2) is 12.2 Å². The second kappa shape index (κ2) is 57.5. The highest BCUT2D eigenvalue weighted by Gasteiger charge is 2.30. The van der Waals surface area contributed by atoms with Crippen LogP contribution in [0.4, 0.5) is 0 Å². The van der Waals surface area contributed by atoms with Crippen LogP contribution in [0.15, 0.2) is 0 Å². The number of ether oxygens (including phenoxy) is 4. The smallest absolute Gasteiger partial charge is 0.462 e. The lowest BCUT2D eigenvalue weighted by Gasteiger charge is -2.21. The van der Waals surface area contributed by atoms with Crippen molar-refractivity contribution in [2.45, 2.75) is 342 Å². The van der Waals surface area contributed by atoms with Crippen molar-refractivity contribution in [2.24, 2.45) is 11.8 Å². The van der Waals surface area contributed by atoms with E-state index in [0.29, 0.717) is 37.5 Å². The average Bonchev–Trinajstić information content (AvgIpc) is 3.59. The van der Waals surface area contributed by atoms with Gasteiger partial charge in [0.1, 0.15) is 19.3 Å². The normalized spacial score (nSPS) is 14.3. The average molecular weight is 1240 g/mol. The first-order valence-electron chi connectivity index (χ1n) is 34.0. The van der Waals surface area contributed by atoms with Crippen molar-refractivity contribution in [3.8, 4) is 0 Å². The van der Waals surface area contributed by atoms with Crippen molar-refractivity contribution in [1.29, 1.82) is 0 Å². The van der Waals surface area contributed by atoms with Crippen LogP contribution < -0.4 is 0 Å². The molecule has 0 aromatic rings. The fourth-order valence-corrected chi connectivity index (χ4v) is 11.3. The summed E-state index contributed by atoms with van der Waals surface area (Å²) in [5.74, 6) is -0.763. The Morgan fingerprint density at radius 1 is 0.321 bits per heavy atom. The molecule has 3 N–H and O–H groups in total. The first-order valence-corrected chi connectivity index (χ1v) is 37.0. The lowest BCUT2D eigenvalue weighted by atomic mass is 10.0. The van der Waals surface area contributed by atoms with E-state index < -0.39 is 97.5 Å². The Morgan fingerprint density at radius 2 is 0.548 bits per heavy atom. The molecule has 0 spiro atoms. The van der Waals surface area contributed by atoms with E-state index in [9.17, 15) is 43.2 Å². The summed E-state index contributed by atoms with van der Waals surface area (Å²) < 4.78 is 68.0. The van der Waals surface area contributed by atoms with E-state index in [-0.39, 0.29) is 25.7 Å². The number of carbonyl (C=O) groups excluding carboxylic acids is 4. The van der Waals surface area contributed by atoms with Crippen LogP contribution in [0.1, 0.15) is 324 Å². The maximum absolute atomic E-state index is 13.0. The van der Waals surface area contributed by atoms with Crippen LogP contribution in [0.2, 0.25) is 0 Å². The van der Waals surface area contributed by atoms with E-state index in [1.165, 1.54) is 135 Å². The Kier molecular flexibility index (Phi) is 56.2. The molecule has 2 unspecified atom stereocenters. The van der Waals surface area contributed by atoms with E-state index >= 15 is 0 Å². The van der Waals surface area contributed by atoms with Crippen molar-refractivity contribution in [3.63, 3.8) is 0 Å². The molecule has 0 aliphatic heterocycles. The molecule has 0 aromatic carbocycles. The summed E-state index contributed by atoms with van der Waals surface area (Å²) in [4.78, 5) is 72.2. The highest BCUT2D eigenvalue weighted by molar-refractivity contribution is 7.47. The molecule has 0 saturated carbocycles. The van der Waals surface area contributed by atoms with Crippen molar-refractivity contribution in [2.75, 3.05) is 39.6 Å². The molecule has 0 rings (SSSR count). The second-order valence-corrected chi connectivity index (χ2v) is 27.4. The Hall–Kier alpha value is -1.94. The Labute approximate surface area is 511 Å². The number of aliphatic hydroxyl groups excluding tert-OH is 1. The third-order valence-corrected chi connectivity index (χ3v) is 16.9. The zero-order valence-corrected chi connectivity index (χ0v) is 56.0. The van der Waals surface area contributed by atoms with Gasteiger partial charge in [-0.25, -0.2) is 9.13 Å². The van der Waals surface area contributed by atoms with Gasteiger partial charge in [0, 0.05) is 25.7 Å². The van der Waals surface area contributed by atoms with Crippen LogP contribution in [0.25, 0.3) is 0 Å². The van der Waals surface area contributed by atoms with Gasteiger partial charge in [-0.15, -0.1) is 0 Å². The number of rotatable bonds is 64. The molecule has 0 aliphatic carbocycles. The molecule has 0 aliphatic rings. The van der Waals surface area contributed by atoms with Gasteiger partial charge < -0.3 is 33.8 Å². The number of esters is 4. The topological polar surface area (TPSA) is 237 Å². The van der Waals surface area contributed by atoms with Gasteiger partial charge in [-0.1, -0.05) is 273 Å². The molecule has 0 aromatic heterocycles. The lowest BCUT2D eigenvalue weighted by molar-refractivity contribution is -0.161. The third kappa shape index (κ3) is 59.0. The summed E-state index contributed by atoms with van der Waals surface area (Å²) in [6.07, 6.45) is 40.6. The summed E-state index contributed by atoms with van der Waals surface area (Å²) in [7, 11) is -9.89. The molecule has 0 saturated heterocycles. The molecule has 84 heavy (non-hydrogen) atoms. The molecular weight excluding hydrogens is 1110 g/mol. The van der Waals surface area contributed by atoms with Crippen LogP contribution in [0.5, 0.6) is 0 Å². The first-order chi connectivity index (χ1) is 40.4. The minimum Gasteiger partial charge on any atom is -0.462 e. The standard InChI is InChI=1S/C65H126O17P2/c1-7-9-11-13-15-17-18-19-20-21-22-23-25-29-37-43-49-64(69)81-60(53-76-63(68)48-42-36-30-26-27-33-39-45-57(3)4)55-79-83(71,72)77-51-59(66)52-78-84(73,74)80-56-61(82-65(70)50-44-38-32-31-34-40-46-58(5)6)54-75-62(67)47-41-35-28-24-16-14-12-10-8-2/h57-61,66H,7-56H2,1-6H3,(H,71,72)(H,73,74)/t59-,60-,61-/m1/s1. The number of hydrogen-bond donors (Lipinski definition) is 3. The van der Waals surface area contributed by atoms with Gasteiger partial charge in [-0.05, 0) is 37.5 Å². The molecule has 0 heterocycles. The number of phosphoric acid groups is 2. The van der Waals surface area contributed by atoms with Gasteiger partial charge in [-0.3, -0.25) is 37.3 Å². The quantitative estimate of drug-likeness (QED) is 0.0222. The van der Waals surface area contributed by atoms with Crippen molar-refractivity contribution < 1.29 is 80.2 Å². The maximum atomic E-state index is 13.0. The van der Waals surface area contributed by atoms with Crippen LogP contribution in [0, 0.1) is 11.8 Å². The van der Waals surface area contributed by atoms with E-state index in [4.69, 9.17) is 37.0 Å². The summed E-state index contributed by atoms with van der Waals surface area (Å²) >= 11 is 0. The van der Waals surface area contributed by atoms with Crippen molar-refractivity contribution >= 4 is 39.5 Å². The van der Waals surface area contributed by atoms with Gasteiger partial charge >= 0.3 is 39.5 Å². The number of hydrogen-bond acceptors (Lipinski definition) is 15. The van der Waals surface area contributed by atoms with Gasteiger partial charge in [-0.2, -0.15) is 0 Å². The molecule has 19 heteroatoms. The molecular formula is C65H126O17P2. The predicted molar refractivity (Wildman–Crippen MR) is 335 cm³/mol. The summed E-state index contributed by atoms with van der Waals surface area (Å²) in [5.41, 5.74) is 0. The third-order valence-electron chi connectivity index (χ3n) is 15.0. The van der Waals surface area contributed by atoms with E-state index in [1.54, 1.807) is 0 Å². The Bertz CT molecular complexity index is 1650. The van der Waals surface area contributed by atoms with E-state index in [1.807, 2.05) is 0 Å². The predicted octanol–water partition coefficient (Wildman–Crippen LogP) is 18.0. The Morgan fingerprint density at radius 3 is 0.810 bits per heavy atom. The maximum Gasteiger partial charge on any atom is 0.472 e. The SMILES string of the molecule is CCCCCCCCCCCCCCCCCCC(=O)O[C@H](COC(=O)CCCCCCCCCC(C)C)COP(=O)(O)OC[C@@H](O)COP(=O)(O)OC[C@@H](COC(=O)CCCCCCCCCCC)OC(=O)CCCCCCCCC(C)C. The fraction of sp³-hybridized carbons (Fsp3) is 0.938. The first kappa shape index (κ1) is 82.1. The minimum absolute atomic E-state index is 0.102. The van der Waals surface area contributed by atoms with Crippen LogP contribution >= 0.6 is 15.6 Å².